The molecule has 4 radical (unpaired) electrons. The molecule has 0 heterocycles. The lowest BCUT2D eigenvalue weighted by molar-refractivity contribution is 0.456. The van der Waals surface area contributed by atoms with Gasteiger partial charge in [-0.25, -0.2) is 0 Å². The van der Waals surface area contributed by atoms with Gasteiger partial charge >= 0.3 is 0 Å². The molecule has 0 aliphatic heterocycles. The van der Waals surface area contributed by atoms with Gasteiger partial charge in [-0.3, -0.25) is 0 Å². The average Bonchev–Trinajstić information content (AvgIpc) is 2.41. The van der Waals surface area contributed by atoms with Crippen molar-refractivity contribution in [1.82, 2.24) is 9.80 Å². The lowest BCUT2D eigenvalue weighted by Crippen LogP contribution is -2.19. The second-order valence-electron chi connectivity index (χ2n) is 5.20. The first-order chi connectivity index (χ1) is 9.58. The van der Waals surface area contributed by atoms with Gasteiger partial charge in [0, 0.05) is 13.1 Å². The van der Waals surface area contributed by atoms with E-state index in [0.717, 1.165) is 32.1 Å². The number of hydrogen-bond acceptors (Lipinski definition) is 2. The van der Waals surface area contributed by atoms with Crippen LogP contribution < -0.4 is 10.4 Å². The minimum Gasteiger partial charge on any atom is -0.306 e. The molecular weight excluding hydrogens is 276 g/mol. The molecule has 20 heavy (non-hydrogen) atoms. The number of rotatable bonds is 8. The van der Waals surface area contributed by atoms with Crippen molar-refractivity contribution < 1.29 is 0 Å². The largest absolute Gasteiger partial charge is 0.306 e. The van der Waals surface area contributed by atoms with E-state index in [2.05, 4.69) is 85.8 Å². The van der Waals surface area contributed by atoms with Gasteiger partial charge in [-0.05, 0) is 28.2 Å². The van der Waals surface area contributed by atoms with Crippen molar-refractivity contribution in [3.8, 4) is 0 Å². The highest BCUT2D eigenvalue weighted by molar-refractivity contribution is 6.60. The van der Waals surface area contributed by atoms with Crippen molar-refractivity contribution in [2.45, 2.75) is 0 Å². The van der Waals surface area contributed by atoms with Crippen LogP contribution in [-0.2, 0) is 0 Å². The molecule has 0 amide bonds. The number of benzene rings is 1. The van der Waals surface area contributed by atoms with Crippen molar-refractivity contribution in [2.24, 2.45) is 0 Å². The van der Waals surface area contributed by atoms with Crippen LogP contribution in [0.5, 0.6) is 0 Å². The summed E-state index contributed by atoms with van der Waals surface area (Å²) in [6.07, 6.45) is 4.47. The Balaban J connectivity index is 2.36. The number of likely N-dealkylation sites (N-methyl/N-ethyl adjacent to an activating group) is 2. The summed E-state index contributed by atoms with van der Waals surface area (Å²) in [5.41, 5.74) is 4.54. The van der Waals surface area contributed by atoms with Gasteiger partial charge in [0.2, 0.25) is 0 Å². The maximum absolute atomic E-state index is 2.27. The molecule has 2 nitrogen and oxygen atoms in total. The maximum atomic E-state index is 2.27. The van der Waals surface area contributed by atoms with Crippen molar-refractivity contribution in [3.05, 3.63) is 47.8 Å². The Morgan fingerprint density at radius 2 is 1.10 bits per heavy atom. The van der Waals surface area contributed by atoms with Gasteiger partial charge < -0.3 is 9.80 Å². The van der Waals surface area contributed by atoms with Gasteiger partial charge in [0.05, 0.1) is 0 Å². The summed E-state index contributed by atoms with van der Waals surface area (Å²) in [5, 5.41) is 2.82. The molecule has 0 aliphatic rings. The van der Waals surface area contributed by atoms with Crippen LogP contribution in [0.2, 0.25) is 0 Å². The zero-order valence-corrected chi connectivity index (χ0v) is 14.9. The molecular formula is C16H24N2Si2. The fraction of sp³-hybridized carbons (Fsp3) is 0.375. The summed E-state index contributed by atoms with van der Waals surface area (Å²) in [6.45, 7) is 2.03. The van der Waals surface area contributed by atoms with Gasteiger partial charge in [0.25, 0.3) is 0 Å². The Morgan fingerprint density at radius 1 is 0.750 bits per heavy atom. The molecule has 1 aromatic carbocycles. The number of hydrogen-bond donors (Lipinski definition) is 0. The SMILES string of the molecule is CN(C)CC=C[Si]c1ccc([Si]C=CCN(C)C)cc1. The second-order valence-corrected chi connectivity index (χ2v) is 7.59. The van der Waals surface area contributed by atoms with Crippen molar-refractivity contribution >= 4 is 29.4 Å². The van der Waals surface area contributed by atoms with E-state index in [1.54, 1.807) is 0 Å². The first-order valence-electron chi connectivity index (χ1n) is 6.80. The lowest BCUT2D eigenvalue weighted by Gasteiger charge is -2.04. The van der Waals surface area contributed by atoms with Gasteiger partial charge in [0.1, 0.15) is 19.0 Å². The summed E-state index contributed by atoms with van der Waals surface area (Å²) in [6, 6.07) is 9.00. The topological polar surface area (TPSA) is 6.48 Å². The average molecular weight is 301 g/mol. The van der Waals surface area contributed by atoms with Gasteiger partial charge in [-0.1, -0.05) is 58.2 Å². The summed E-state index contributed by atoms with van der Waals surface area (Å²) < 4.78 is 0. The monoisotopic (exact) mass is 300 g/mol. The highest BCUT2D eigenvalue weighted by atomic mass is 28.2. The number of nitrogens with zero attached hydrogens (tertiary/aromatic N) is 2. The Labute approximate surface area is 128 Å². The van der Waals surface area contributed by atoms with Crippen LogP contribution in [0.25, 0.3) is 0 Å². The zero-order chi connectivity index (χ0) is 14.8. The molecule has 0 unspecified atom stereocenters. The highest BCUT2D eigenvalue weighted by Gasteiger charge is 1.94. The zero-order valence-electron chi connectivity index (χ0n) is 12.9. The molecule has 0 aliphatic carbocycles. The normalized spacial score (nSPS) is 12.3. The predicted octanol–water partition coefficient (Wildman–Crippen LogP) is 0.496. The summed E-state index contributed by atoms with van der Waals surface area (Å²) in [7, 11) is 9.90. The Morgan fingerprint density at radius 3 is 1.40 bits per heavy atom. The van der Waals surface area contributed by atoms with Crippen LogP contribution in [0.4, 0.5) is 0 Å². The third-order valence-corrected chi connectivity index (χ3v) is 4.70. The lowest BCUT2D eigenvalue weighted by atomic mass is 10.4. The molecule has 106 valence electrons. The van der Waals surface area contributed by atoms with Gasteiger partial charge in [-0.15, -0.1) is 0 Å². The Bertz CT molecular complexity index is 382. The first-order valence-corrected chi connectivity index (χ1v) is 8.96. The third kappa shape index (κ3) is 8.27. The summed E-state index contributed by atoms with van der Waals surface area (Å²) in [5.74, 6) is 0. The summed E-state index contributed by atoms with van der Waals surface area (Å²) in [4.78, 5) is 4.34. The molecule has 0 saturated carbocycles. The van der Waals surface area contributed by atoms with E-state index in [4.69, 9.17) is 0 Å². The minimum atomic E-state index is 0.771. The molecule has 0 N–H and O–H groups in total. The van der Waals surface area contributed by atoms with Crippen LogP contribution >= 0.6 is 0 Å². The van der Waals surface area contributed by atoms with E-state index >= 15 is 0 Å². The quantitative estimate of drug-likeness (QED) is 0.645. The van der Waals surface area contributed by atoms with Crippen LogP contribution in [0.3, 0.4) is 0 Å². The van der Waals surface area contributed by atoms with E-state index in [1.165, 1.54) is 10.4 Å². The fourth-order valence-electron chi connectivity index (χ4n) is 1.50. The molecule has 0 aromatic heterocycles. The minimum absolute atomic E-state index is 0.771. The third-order valence-electron chi connectivity index (χ3n) is 2.56. The highest BCUT2D eigenvalue weighted by Crippen LogP contribution is 1.84. The van der Waals surface area contributed by atoms with E-state index in [-0.39, 0.29) is 0 Å². The van der Waals surface area contributed by atoms with Crippen LogP contribution in [0.15, 0.2) is 47.8 Å². The van der Waals surface area contributed by atoms with Crippen LogP contribution in [-0.4, -0.2) is 70.1 Å². The van der Waals surface area contributed by atoms with Gasteiger partial charge in [-0.2, -0.15) is 0 Å². The first kappa shape index (κ1) is 17.1. The van der Waals surface area contributed by atoms with Crippen LogP contribution in [0, 0.1) is 0 Å². The smallest absolute Gasteiger partial charge is 0.111 e. The van der Waals surface area contributed by atoms with E-state index in [0.29, 0.717) is 0 Å². The molecule has 1 rings (SSSR count). The van der Waals surface area contributed by atoms with E-state index < -0.39 is 0 Å². The molecule has 1 aromatic rings. The molecule has 0 spiro atoms. The Kier molecular flexibility index (Phi) is 8.45. The summed E-state index contributed by atoms with van der Waals surface area (Å²) >= 11 is 0. The molecule has 0 fully saturated rings. The van der Waals surface area contributed by atoms with E-state index in [1.807, 2.05) is 0 Å². The maximum Gasteiger partial charge on any atom is 0.111 e. The molecule has 0 atom stereocenters. The van der Waals surface area contributed by atoms with E-state index in [9.17, 15) is 0 Å². The second kappa shape index (κ2) is 9.88. The Hall–Kier alpha value is -0.946. The van der Waals surface area contributed by atoms with Crippen molar-refractivity contribution in [3.63, 3.8) is 0 Å². The standard InChI is InChI=1S/C16H24N2Si2/c1-17(2)11-5-13-19-15-7-9-16(10-8-15)20-14-6-12-18(3)4/h5-10,13-14H,11-12H2,1-4H3. The molecule has 0 saturated heterocycles. The van der Waals surface area contributed by atoms with Crippen LogP contribution in [0.1, 0.15) is 0 Å². The molecule has 4 heteroatoms. The van der Waals surface area contributed by atoms with Crippen molar-refractivity contribution in [1.29, 1.82) is 0 Å². The van der Waals surface area contributed by atoms with Crippen molar-refractivity contribution in [2.75, 3.05) is 41.3 Å². The fourth-order valence-corrected chi connectivity index (χ4v) is 3.05. The predicted molar refractivity (Wildman–Crippen MR) is 92.6 cm³/mol. The molecule has 0 bridgehead atoms. The van der Waals surface area contributed by atoms with Gasteiger partial charge in [0.15, 0.2) is 0 Å².